The van der Waals surface area contributed by atoms with Gasteiger partial charge in [0.2, 0.25) is 0 Å². The summed E-state index contributed by atoms with van der Waals surface area (Å²) >= 11 is 3.42. The predicted molar refractivity (Wildman–Crippen MR) is 52.4 cm³/mol. The molecule has 0 aromatic rings. The Hall–Kier alpha value is 0.400. The lowest BCUT2D eigenvalue weighted by molar-refractivity contribution is 0.118. The minimum atomic E-state index is 0.825. The van der Waals surface area contributed by atoms with E-state index in [0.717, 1.165) is 38.2 Å². The van der Waals surface area contributed by atoms with Crippen molar-refractivity contribution in [3.05, 3.63) is 0 Å². The molecule has 11 heavy (non-hydrogen) atoms. The standard InChI is InChI=1S/C8H18BrNO/c1-3-10(6-5-9)7-8-11-4-2/h3-8H2,1-2H3. The van der Waals surface area contributed by atoms with Crippen LogP contribution < -0.4 is 0 Å². The number of hydrogen-bond acceptors (Lipinski definition) is 2. The van der Waals surface area contributed by atoms with Gasteiger partial charge in [0.1, 0.15) is 0 Å². The number of nitrogens with zero attached hydrogens (tertiary/aromatic N) is 1. The zero-order valence-corrected chi connectivity index (χ0v) is 9.06. The Kier molecular flexibility index (Phi) is 8.81. The van der Waals surface area contributed by atoms with Crippen LogP contribution in [0.25, 0.3) is 0 Å². The summed E-state index contributed by atoms with van der Waals surface area (Å²) in [6, 6.07) is 0. The Morgan fingerprint density at radius 2 is 2.00 bits per heavy atom. The van der Waals surface area contributed by atoms with E-state index in [0.29, 0.717) is 0 Å². The van der Waals surface area contributed by atoms with Gasteiger partial charge >= 0.3 is 0 Å². The van der Waals surface area contributed by atoms with E-state index < -0.39 is 0 Å². The van der Waals surface area contributed by atoms with Crippen LogP contribution in [0.4, 0.5) is 0 Å². The van der Waals surface area contributed by atoms with E-state index in [9.17, 15) is 0 Å². The van der Waals surface area contributed by atoms with Gasteiger partial charge < -0.3 is 9.64 Å². The van der Waals surface area contributed by atoms with Crippen molar-refractivity contribution in [2.45, 2.75) is 13.8 Å². The molecular weight excluding hydrogens is 206 g/mol. The van der Waals surface area contributed by atoms with Gasteiger partial charge in [0.05, 0.1) is 6.61 Å². The average Bonchev–Trinajstić information content (AvgIpc) is 2.03. The average molecular weight is 224 g/mol. The van der Waals surface area contributed by atoms with E-state index in [1.165, 1.54) is 0 Å². The molecular formula is C8H18BrNO. The highest BCUT2D eigenvalue weighted by Crippen LogP contribution is 1.90. The predicted octanol–water partition coefficient (Wildman–Crippen LogP) is 1.74. The third kappa shape index (κ3) is 6.78. The molecule has 0 heterocycles. The molecule has 0 saturated carbocycles. The second kappa shape index (κ2) is 8.50. The van der Waals surface area contributed by atoms with Crippen molar-refractivity contribution in [2.75, 3.05) is 38.2 Å². The normalized spacial score (nSPS) is 10.9. The zero-order valence-electron chi connectivity index (χ0n) is 7.48. The Bertz CT molecular complexity index is 80.5. The number of likely N-dealkylation sites (N-methyl/N-ethyl adjacent to an activating group) is 1. The van der Waals surface area contributed by atoms with Gasteiger partial charge in [-0.25, -0.2) is 0 Å². The smallest absolute Gasteiger partial charge is 0.0593 e. The van der Waals surface area contributed by atoms with Crippen LogP contribution in [0.2, 0.25) is 0 Å². The Labute approximate surface area is 78.0 Å². The van der Waals surface area contributed by atoms with Crippen molar-refractivity contribution in [1.29, 1.82) is 0 Å². The first kappa shape index (κ1) is 11.4. The minimum Gasteiger partial charge on any atom is -0.380 e. The van der Waals surface area contributed by atoms with Crippen molar-refractivity contribution in [2.24, 2.45) is 0 Å². The summed E-state index contributed by atoms with van der Waals surface area (Å²) in [5, 5.41) is 1.05. The van der Waals surface area contributed by atoms with Crippen LogP contribution in [0.5, 0.6) is 0 Å². The summed E-state index contributed by atoms with van der Waals surface area (Å²) < 4.78 is 5.26. The molecule has 0 atom stereocenters. The van der Waals surface area contributed by atoms with Gasteiger partial charge in [0.25, 0.3) is 0 Å². The van der Waals surface area contributed by atoms with Gasteiger partial charge in [0.15, 0.2) is 0 Å². The third-order valence-corrected chi connectivity index (χ3v) is 1.96. The van der Waals surface area contributed by atoms with Crippen LogP contribution >= 0.6 is 15.9 Å². The molecule has 0 aromatic carbocycles. The lowest BCUT2D eigenvalue weighted by atomic mass is 10.5. The van der Waals surface area contributed by atoms with Crippen LogP contribution in [0.1, 0.15) is 13.8 Å². The molecule has 0 amide bonds. The number of hydrogen-bond donors (Lipinski definition) is 0. The Morgan fingerprint density at radius 3 is 2.45 bits per heavy atom. The van der Waals surface area contributed by atoms with E-state index in [-0.39, 0.29) is 0 Å². The lowest BCUT2D eigenvalue weighted by Gasteiger charge is -2.18. The van der Waals surface area contributed by atoms with Gasteiger partial charge in [-0.3, -0.25) is 0 Å². The monoisotopic (exact) mass is 223 g/mol. The fraction of sp³-hybridized carbons (Fsp3) is 1.00. The first-order valence-corrected chi connectivity index (χ1v) is 5.33. The van der Waals surface area contributed by atoms with Crippen molar-refractivity contribution in [3.63, 3.8) is 0 Å². The highest BCUT2D eigenvalue weighted by Gasteiger charge is 1.98. The summed E-state index contributed by atoms with van der Waals surface area (Å²) in [4.78, 5) is 2.37. The van der Waals surface area contributed by atoms with Crippen molar-refractivity contribution in [3.8, 4) is 0 Å². The maximum atomic E-state index is 5.26. The van der Waals surface area contributed by atoms with Crippen LogP contribution in [0.3, 0.4) is 0 Å². The van der Waals surface area contributed by atoms with E-state index in [2.05, 4.69) is 27.8 Å². The minimum absolute atomic E-state index is 0.825. The first-order valence-electron chi connectivity index (χ1n) is 4.21. The van der Waals surface area contributed by atoms with Crippen molar-refractivity contribution >= 4 is 15.9 Å². The Balaban J connectivity index is 3.20. The molecule has 0 bridgehead atoms. The SMILES string of the molecule is CCOCCN(CC)CCBr. The molecule has 0 N–H and O–H groups in total. The second-order valence-corrected chi connectivity index (χ2v) is 3.11. The van der Waals surface area contributed by atoms with Gasteiger partial charge in [-0.05, 0) is 13.5 Å². The fourth-order valence-corrected chi connectivity index (χ4v) is 1.39. The molecule has 68 valence electrons. The molecule has 0 unspecified atom stereocenters. The molecule has 0 spiro atoms. The molecule has 0 aliphatic heterocycles. The molecule has 3 heteroatoms. The van der Waals surface area contributed by atoms with Gasteiger partial charge in [0, 0.05) is 25.0 Å². The molecule has 0 aliphatic carbocycles. The quantitative estimate of drug-likeness (QED) is 0.482. The van der Waals surface area contributed by atoms with Crippen molar-refractivity contribution in [1.82, 2.24) is 4.90 Å². The molecule has 2 nitrogen and oxygen atoms in total. The van der Waals surface area contributed by atoms with E-state index in [4.69, 9.17) is 4.74 Å². The fourth-order valence-electron chi connectivity index (χ4n) is 0.886. The second-order valence-electron chi connectivity index (χ2n) is 2.32. The molecule has 0 aliphatic rings. The number of halogens is 1. The number of ether oxygens (including phenoxy) is 1. The third-order valence-electron chi connectivity index (χ3n) is 1.60. The Morgan fingerprint density at radius 1 is 1.27 bits per heavy atom. The van der Waals surface area contributed by atoms with Crippen LogP contribution in [0.15, 0.2) is 0 Å². The van der Waals surface area contributed by atoms with E-state index in [1.54, 1.807) is 0 Å². The van der Waals surface area contributed by atoms with Gasteiger partial charge in [-0.2, -0.15) is 0 Å². The van der Waals surface area contributed by atoms with Crippen LogP contribution in [-0.2, 0) is 4.74 Å². The van der Waals surface area contributed by atoms with Crippen molar-refractivity contribution < 1.29 is 4.74 Å². The zero-order chi connectivity index (χ0) is 8.53. The topological polar surface area (TPSA) is 12.5 Å². The summed E-state index contributed by atoms with van der Waals surface area (Å²) in [6.07, 6.45) is 0. The molecule has 0 aromatic heterocycles. The highest BCUT2D eigenvalue weighted by atomic mass is 79.9. The van der Waals surface area contributed by atoms with Gasteiger partial charge in [-0.1, -0.05) is 22.9 Å². The molecule has 0 saturated heterocycles. The van der Waals surface area contributed by atoms with Crippen LogP contribution in [0, 0.1) is 0 Å². The highest BCUT2D eigenvalue weighted by molar-refractivity contribution is 9.09. The largest absolute Gasteiger partial charge is 0.380 e. The summed E-state index contributed by atoms with van der Waals surface area (Å²) in [5.41, 5.74) is 0. The van der Waals surface area contributed by atoms with Crippen LogP contribution in [-0.4, -0.2) is 43.1 Å². The number of alkyl halides is 1. The number of rotatable bonds is 7. The maximum Gasteiger partial charge on any atom is 0.0593 e. The van der Waals surface area contributed by atoms with E-state index in [1.807, 2.05) is 6.92 Å². The molecule has 0 fully saturated rings. The summed E-state index contributed by atoms with van der Waals surface area (Å²) in [6.45, 7) is 9.16. The lowest BCUT2D eigenvalue weighted by Crippen LogP contribution is -2.29. The summed E-state index contributed by atoms with van der Waals surface area (Å²) in [5.74, 6) is 0. The summed E-state index contributed by atoms with van der Waals surface area (Å²) in [7, 11) is 0. The maximum absolute atomic E-state index is 5.26. The van der Waals surface area contributed by atoms with E-state index >= 15 is 0 Å². The first-order chi connectivity index (χ1) is 5.35. The van der Waals surface area contributed by atoms with Gasteiger partial charge in [-0.15, -0.1) is 0 Å². The molecule has 0 radical (unpaired) electrons. The molecule has 0 rings (SSSR count).